The van der Waals surface area contributed by atoms with Crippen LogP contribution in [0.25, 0.3) is 0 Å². The SMILES string of the molecule is COCCCN(C)C(C)C(=O)Nc1ccccc1C(C)=O. The summed E-state index contributed by atoms with van der Waals surface area (Å²) in [4.78, 5) is 25.8. The second-order valence-corrected chi connectivity index (χ2v) is 5.09. The number of Topliss-reactive ketones (excluding diaryl/α,β-unsaturated/α-hetero) is 1. The van der Waals surface area contributed by atoms with Crippen molar-refractivity contribution in [3.05, 3.63) is 29.8 Å². The molecule has 5 heteroatoms. The number of hydrogen-bond acceptors (Lipinski definition) is 4. The molecule has 1 atom stereocenters. The Kier molecular flexibility index (Phi) is 7.05. The van der Waals surface area contributed by atoms with Crippen LogP contribution in [0.4, 0.5) is 5.69 Å². The lowest BCUT2D eigenvalue weighted by atomic mass is 10.1. The third kappa shape index (κ3) is 5.28. The molecule has 0 fully saturated rings. The number of nitrogens with one attached hydrogen (secondary N) is 1. The fourth-order valence-electron chi connectivity index (χ4n) is 1.99. The van der Waals surface area contributed by atoms with Crippen molar-refractivity contribution < 1.29 is 14.3 Å². The Hall–Kier alpha value is -1.72. The molecule has 0 aliphatic rings. The zero-order chi connectivity index (χ0) is 15.8. The van der Waals surface area contributed by atoms with Crippen molar-refractivity contribution in [2.45, 2.75) is 26.3 Å². The van der Waals surface area contributed by atoms with E-state index in [0.29, 0.717) is 17.9 Å². The number of carbonyl (C=O) groups is 2. The number of carbonyl (C=O) groups excluding carboxylic acids is 2. The van der Waals surface area contributed by atoms with E-state index in [2.05, 4.69) is 5.32 Å². The van der Waals surface area contributed by atoms with Gasteiger partial charge in [0.1, 0.15) is 0 Å². The second kappa shape index (κ2) is 8.54. The smallest absolute Gasteiger partial charge is 0.241 e. The number of nitrogens with zero attached hydrogens (tertiary/aromatic N) is 1. The van der Waals surface area contributed by atoms with Crippen LogP contribution >= 0.6 is 0 Å². The van der Waals surface area contributed by atoms with Crippen LogP contribution in [0.3, 0.4) is 0 Å². The predicted octanol–water partition coefficient (Wildman–Crippen LogP) is 2.18. The fraction of sp³-hybridized carbons (Fsp3) is 0.500. The van der Waals surface area contributed by atoms with Crippen LogP contribution in [-0.2, 0) is 9.53 Å². The summed E-state index contributed by atoms with van der Waals surface area (Å²) in [5.74, 6) is -0.185. The zero-order valence-corrected chi connectivity index (χ0v) is 13.2. The van der Waals surface area contributed by atoms with Crippen LogP contribution in [0.15, 0.2) is 24.3 Å². The van der Waals surface area contributed by atoms with Gasteiger partial charge in [0.05, 0.1) is 11.7 Å². The molecule has 21 heavy (non-hydrogen) atoms. The highest BCUT2D eigenvalue weighted by molar-refractivity contribution is 6.04. The number of hydrogen-bond donors (Lipinski definition) is 1. The third-order valence-electron chi connectivity index (χ3n) is 3.46. The first-order chi connectivity index (χ1) is 9.97. The van der Waals surface area contributed by atoms with Crippen molar-refractivity contribution in [2.75, 3.05) is 32.6 Å². The van der Waals surface area contributed by atoms with Gasteiger partial charge in [0.15, 0.2) is 5.78 Å². The minimum Gasteiger partial charge on any atom is -0.385 e. The van der Waals surface area contributed by atoms with Crippen LogP contribution in [0, 0.1) is 0 Å². The number of ketones is 1. The van der Waals surface area contributed by atoms with Gasteiger partial charge in [-0.1, -0.05) is 12.1 Å². The van der Waals surface area contributed by atoms with Gasteiger partial charge in [-0.25, -0.2) is 0 Å². The summed E-state index contributed by atoms with van der Waals surface area (Å²) >= 11 is 0. The van der Waals surface area contributed by atoms with E-state index >= 15 is 0 Å². The number of para-hydroxylation sites is 1. The van der Waals surface area contributed by atoms with Crippen molar-refractivity contribution in [3.8, 4) is 0 Å². The Bertz CT molecular complexity index is 488. The van der Waals surface area contributed by atoms with Crippen LogP contribution < -0.4 is 5.32 Å². The summed E-state index contributed by atoms with van der Waals surface area (Å²) in [6.45, 7) is 4.78. The highest BCUT2D eigenvalue weighted by Crippen LogP contribution is 2.16. The van der Waals surface area contributed by atoms with Crippen LogP contribution in [0.2, 0.25) is 0 Å². The molecule has 0 saturated heterocycles. The Balaban J connectivity index is 2.66. The molecule has 1 N–H and O–H groups in total. The third-order valence-corrected chi connectivity index (χ3v) is 3.46. The molecular formula is C16H24N2O3. The Labute approximate surface area is 126 Å². The normalized spacial score (nSPS) is 12.2. The summed E-state index contributed by atoms with van der Waals surface area (Å²) in [6, 6.07) is 6.76. The van der Waals surface area contributed by atoms with Crippen molar-refractivity contribution in [1.29, 1.82) is 0 Å². The Morgan fingerprint density at radius 3 is 2.62 bits per heavy atom. The number of methoxy groups -OCH3 is 1. The number of rotatable bonds is 8. The molecule has 1 aromatic carbocycles. The molecule has 116 valence electrons. The molecule has 1 aromatic rings. The fourth-order valence-corrected chi connectivity index (χ4v) is 1.99. The van der Waals surface area contributed by atoms with Crippen LogP contribution in [-0.4, -0.2) is 49.9 Å². The summed E-state index contributed by atoms with van der Waals surface area (Å²) in [7, 11) is 3.56. The molecule has 0 radical (unpaired) electrons. The van der Waals surface area contributed by atoms with E-state index in [0.717, 1.165) is 13.0 Å². The number of likely N-dealkylation sites (N-methyl/N-ethyl adjacent to an activating group) is 1. The standard InChI is InChI=1S/C16H24N2O3/c1-12(18(3)10-7-11-21-4)16(20)17-15-9-6-5-8-14(15)13(2)19/h5-6,8-9,12H,7,10-11H2,1-4H3,(H,17,20). The van der Waals surface area contributed by atoms with Gasteiger partial charge in [-0.2, -0.15) is 0 Å². The van der Waals surface area contributed by atoms with E-state index in [4.69, 9.17) is 4.74 Å². The Morgan fingerprint density at radius 2 is 2.00 bits per heavy atom. The molecule has 5 nitrogen and oxygen atoms in total. The topological polar surface area (TPSA) is 58.6 Å². The molecule has 0 aliphatic carbocycles. The van der Waals surface area contributed by atoms with Gasteiger partial charge in [0, 0.05) is 25.8 Å². The van der Waals surface area contributed by atoms with Gasteiger partial charge in [-0.05, 0) is 39.4 Å². The van der Waals surface area contributed by atoms with Crippen molar-refractivity contribution in [1.82, 2.24) is 4.90 Å². The molecule has 0 spiro atoms. The first kappa shape index (κ1) is 17.3. The number of anilines is 1. The predicted molar refractivity (Wildman–Crippen MR) is 83.7 cm³/mol. The molecule has 0 aliphatic heterocycles. The lowest BCUT2D eigenvalue weighted by Gasteiger charge is -2.24. The van der Waals surface area contributed by atoms with Crippen molar-refractivity contribution in [2.24, 2.45) is 0 Å². The quantitative estimate of drug-likeness (QED) is 0.589. The number of amides is 1. The first-order valence-electron chi connectivity index (χ1n) is 7.07. The van der Waals surface area contributed by atoms with Gasteiger partial charge in [-0.3, -0.25) is 14.5 Å². The summed E-state index contributed by atoms with van der Waals surface area (Å²) in [5.41, 5.74) is 1.09. The van der Waals surface area contributed by atoms with Crippen LogP contribution in [0.1, 0.15) is 30.6 Å². The number of ether oxygens (including phenoxy) is 1. The minimum absolute atomic E-state index is 0.0630. The van der Waals surface area contributed by atoms with E-state index in [9.17, 15) is 9.59 Å². The van der Waals surface area contributed by atoms with Gasteiger partial charge in [0.25, 0.3) is 0 Å². The lowest BCUT2D eigenvalue weighted by molar-refractivity contribution is -0.120. The molecule has 0 aromatic heterocycles. The summed E-state index contributed by atoms with van der Waals surface area (Å²) < 4.78 is 5.01. The highest BCUT2D eigenvalue weighted by atomic mass is 16.5. The molecule has 0 bridgehead atoms. The second-order valence-electron chi connectivity index (χ2n) is 5.09. The summed E-state index contributed by atoms with van der Waals surface area (Å²) in [5, 5.41) is 2.83. The van der Waals surface area contributed by atoms with Gasteiger partial charge in [0.2, 0.25) is 5.91 Å². The number of benzene rings is 1. The molecule has 1 amide bonds. The van der Waals surface area contributed by atoms with E-state index in [1.54, 1.807) is 31.4 Å². The molecule has 1 rings (SSSR count). The molecular weight excluding hydrogens is 268 g/mol. The average Bonchev–Trinajstić information content (AvgIpc) is 2.46. The van der Waals surface area contributed by atoms with Crippen molar-refractivity contribution in [3.63, 3.8) is 0 Å². The first-order valence-corrected chi connectivity index (χ1v) is 7.07. The van der Waals surface area contributed by atoms with Gasteiger partial charge in [-0.15, -0.1) is 0 Å². The Morgan fingerprint density at radius 1 is 1.33 bits per heavy atom. The average molecular weight is 292 g/mol. The van der Waals surface area contributed by atoms with Crippen LogP contribution in [0.5, 0.6) is 0 Å². The maximum absolute atomic E-state index is 12.3. The van der Waals surface area contributed by atoms with E-state index in [-0.39, 0.29) is 17.7 Å². The maximum Gasteiger partial charge on any atom is 0.241 e. The lowest BCUT2D eigenvalue weighted by Crippen LogP contribution is -2.40. The molecule has 1 unspecified atom stereocenters. The highest BCUT2D eigenvalue weighted by Gasteiger charge is 2.19. The molecule has 0 heterocycles. The van der Waals surface area contributed by atoms with E-state index in [1.165, 1.54) is 6.92 Å². The van der Waals surface area contributed by atoms with Gasteiger partial charge < -0.3 is 10.1 Å². The minimum atomic E-state index is -0.276. The summed E-state index contributed by atoms with van der Waals surface area (Å²) in [6.07, 6.45) is 0.870. The largest absolute Gasteiger partial charge is 0.385 e. The van der Waals surface area contributed by atoms with Crippen molar-refractivity contribution >= 4 is 17.4 Å². The van der Waals surface area contributed by atoms with E-state index in [1.807, 2.05) is 18.9 Å². The monoisotopic (exact) mass is 292 g/mol. The maximum atomic E-state index is 12.3. The zero-order valence-electron chi connectivity index (χ0n) is 13.2. The van der Waals surface area contributed by atoms with Gasteiger partial charge >= 0.3 is 0 Å². The van der Waals surface area contributed by atoms with E-state index < -0.39 is 0 Å². The molecule has 0 saturated carbocycles.